The third-order valence-electron chi connectivity index (χ3n) is 4.77. The lowest BCUT2D eigenvalue weighted by molar-refractivity contribution is 0.0985. The number of anilines is 2. The first-order chi connectivity index (χ1) is 13.9. The quantitative estimate of drug-likeness (QED) is 0.594. The van der Waals surface area contributed by atoms with Crippen LogP contribution in [0.5, 0.6) is 5.75 Å². The number of aromatic amines is 1. The van der Waals surface area contributed by atoms with Gasteiger partial charge in [-0.25, -0.2) is 4.79 Å². The summed E-state index contributed by atoms with van der Waals surface area (Å²) in [5.41, 5.74) is 5.40. The number of nitrogen functional groups attached to an aromatic ring is 1. The monoisotopic (exact) mass is 402 g/mol. The maximum Gasteiger partial charge on any atom is 0.330 e. The summed E-state index contributed by atoms with van der Waals surface area (Å²) in [7, 11) is 1.52. The Bertz CT molecular complexity index is 948. The van der Waals surface area contributed by atoms with Gasteiger partial charge in [-0.1, -0.05) is 39.2 Å². The minimum Gasteiger partial charge on any atom is -0.497 e. The van der Waals surface area contributed by atoms with Crippen molar-refractivity contribution in [2.24, 2.45) is 0 Å². The third kappa shape index (κ3) is 5.28. The van der Waals surface area contributed by atoms with Crippen LogP contribution in [-0.4, -0.2) is 29.1 Å². The van der Waals surface area contributed by atoms with Gasteiger partial charge in [0.2, 0.25) is 0 Å². The number of methoxy groups -OCH3 is 1. The molecule has 2 rings (SSSR count). The molecule has 1 amide bonds. The number of aromatic nitrogens is 2. The molecule has 0 aliphatic heterocycles. The van der Waals surface area contributed by atoms with Gasteiger partial charge in [0, 0.05) is 18.7 Å². The lowest BCUT2D eigenvalue weighted by Crippen LogP contribution is -2.41. The molecule has 0 atom stereocenters. The summed E-state index contributed by atoms with van der Waals surface area (Å²) in [6.07, 6.45) is 4.16. The largest absolute Gasteiger partial charge is 0.497 e. The predicted molar refractivity (Wildman–Crippen MR) is 115 cm³/mol. The van der Waals surface area contributed by atoms with Gasteiger partial charge in [-0.15, -0.1) is 0 Å². The average molecular weight is 402 g/mol. The second-order valence-corrected chi connectivity index (χ2v) is 6.89. The highest BCUT2D eigenvalue weighted by molar-refractivity contribution is 6.07. The van der Waals surface area contributed by atoms with Crippen LogP contribution in [-0.2, 0) is 6.54 Å². The summed E-state index contributed by atoms with van der Waals surface area (Å²) in [5, 5.41) is 0. The molecule has 0 unspecified atom stereocenters. The zero-order chi connectivity index (χ0) is 21.4. The third-order valence-corrected chi connectivity index (χ3v) is 4.77. The van der Waals surface area contributed by atoms with E-state index in [0.29, 0.717) is 30.8 Å². The van der Waals surface area contributed by atoms with Crippen LogP contribution < -0.4 is 26.6 Å². The van der Waals surface area contributed by atoms with Crippen molar-refractivity contribution in [3.63, 3.8) is 0 Å². The molecule has 0 radical (unpaired) electrons. The molecular weight excluding hydrogens is 372 g/mol. The first-order valence-corrected chi connectivity index (χ1v) is 10.0. The molecule has 2 aromatic rings. The van der Waals surface area contributed by atoms with Gasteiger partial charge in [0.05, 0.1) is 7.11 Å². The Morgan fingerprint density at radius 3 is 2.55 bits per heavy atom. The number of rotatable bonds is 10. The fourth-order valence-electron chi connectivity index (χ4n) is 3.12. The Morgan fingerprint density at radius 1 is 1.17 bits per heavy atom. The molecule has 8 nitrogen and oxygen atoms in total. The summed E-state index contributed by atoms with van der Waals surface area (Å²) in [6, 6.07) is 6.73. The van der Waals surface area contributed by atoms with E-state index in [-0.39, 0.29) is 17.4 Å². The second kappa shape index (κ2) is 10.5. The molecule has 0 spiro atoms. The van der Waals surface area contributed by atoms with E-state index in [2.05, 4.69) is 11.9 Å². The molecule has 3 N–H and O–H groups in total. The molecule has 1 aromatic carbocycles. The smallest absolute Gasteiger partial charge is 0.330 e. The number of unbranched alkanes of at least 4 members (excludes halogenated alkanes) is 3. The molecule has 8 heteroatoms. The number of carbonyl (C=O) groups is 1. The first kappa shape index (κ1) is 22.3. The van der Waals surface area contributed by atoms with E-state index in [9.17, 15) is 14.4 Å². The average Bonchev–Trinajstić information content (AvgIpc) is 2.72. The Hall–Kier alpha value is -3.03. The van der Waals surface area contributed by atoms with Gasteiger partial charge in [-0.3, -0.25) is 19.1 Å². The minimum absolute atomic E-state index is 0.0138. The van der Waals surface area contributed by atoms with E-state index >= 15 is 0 Å². The lowest BCUT2D eigenvalue weighted by Gasteiger charge is -2.25. The summed E-state index contributed by atoms with van der Waals surface area (Å²) < 4.78 is 6.53. The van der Waals surface area contributed by atoms with Crippen LogP contribution in [0.4, 0.5) is 11.5 Å². The summed E-state index contributed by atoms with van der Waals surface area (Å²) in [6.45, 7) is 4.75. The van der Waals surface area contributed by atoms with Crippen molar-refractivity contribution in [3.05, 3.63) is 50.7 Å². The highest BCUT2D eigenvalue weighted by Crippen LogP contribution is 2.22. The van der Waals surface area contributed by atoms with Crippen LogP contribution in [0.3, 0.4) is 0 Å². The van der Waals surface area contributed by atoms with E-state index in [0.717, 1.165) is 25.7 Å². The van der Waals surface area contributed by atoms with E-state index < -0.39 is 11.2 Å². The molecule has 0 saturated heterocycles. The summed E-state index contributed by atoms with van der Waals surface area (Å²) in [5.74, 6) is 0.192. The molecule has 1 aromatic heterocycles. The minimum atomic E-state index is -0.659. The number of hydrogen-bond acceptors (Lipinski definition) is 5. The molecule has 158 valence electrons. The van der Waals surface area contributed by atoms with E-state index in [1.165, 1.54) is 16.6 Å². The normalized spacial score (nSPS) is 10.7. The van der Waals surface area contributed by atoms with Crippen molar-refractivity contribution in [1.29, 1.82) is 0 Å². The fraction of sp³-hybridized carbons (Fsp3) is 0.476. The predicted octanol–water partition coefficient (Wildman–Crippen LogP) is 2.76. The number of amides is 1. The number of ether oxygens (including phenoxy) is 1. The topological polar surface area (TPSA) is 110 Å². The van der Waals surface area contributed by atoms with Crippen LogP contribution in [0, 0.1) is 0 Å². The molecule has 0 aliphatic carbocycles. The maximum atomic E-state index is 13.3. The van der Waals surface area contributed by atoms with E-state index in [4.69, 9.17) is 10.5 Å². The van der Waals surface area contributed by atoms with Crippen LogP contribution in [0.2, 0.25) is 0 Å². The standard InChI is InChI=1S/C21H30N4O4/c1-4-6-8-13-24(20(27)15-10-9-11-16(14-15)29-3)17-18(22)25(12-7-5-2)21(28)23-19(17)26/h9-11,14H,4-8,12-13,22H2,1-3H3,(H,23,26,28). The van der Waals surface area contributed by atoms with Crippen molar-refractivity contribution in [1.82, 2.24) is 9.55 Å². The van der Waals surface area contributed by atoms with Gasteiger partial charge < -0.3 is 15.4 Å². The highest BCUT2D eigenvalue weighted by Gasteiger charge is 2.25. The molecule has 29 heavy (non-hydrogen) atoms. The Morgan fingerprint density at radius 2 is 1.90 bits per heavy atom. The summed E-state index contributed by atoms with van der Waals surface area (Å²) >= 11 is 0. The molecule has 0 aliphatic rings. The van der Waals surface area contributed by atoms with Crippen molar-refractivity contribution < 1.29 is 9.53 Å². The van der Waals surface area contributed by atoms with Crippen molar-refractivity contribution >= 4 is 17.4 Å². The molecule has 0 fully saturated rings. The number of hydrogen-bond donors (Lipinski definition) is 2. The highest BCUT2D eigenvalue weighted by atomic mass is 16.5. The van der Waals surface area contributed by atoms with Crippen LogP contribution >= 0.6 is 0 Å². The maximum absolute atomic E-state index is 13.3. The molecule has 1 heterocycles. The lowest BCUT2D eigenvalue weighted by atomic mass is 10.1. The van der Waals surface area contributed by atoms with Gasteiger partial charge in [0.1, 0.15) is 11.6 Å². The number of carbonyl (C=O) groups excluding carboxylic acids is 1. The number of H-pyrrole nitrogens is 1. The van der Waals surface area contributed by atoms with E-state index in [1.54, 1.807) is 24.3 Å². The van der Waals surface area contributed by atoms with Gasteiger partial charge in [0.25, 0.3) is 11.5 Å². The number of nitrogens with zero attached hydrogens (tertiary/aromatic N) is 2. The van der Waals surface area contributed by atoms with Crippen LogP contribution in [0.25, 0.3) is 0 Å². The zero-order valence-corrected chi connectivity index (χ0v) is 17.4. The zero-order valence-electron chi connectivity index (χ0n) is 17.4. The van der Waals surface area contributed by atoms with Crippen molar-refractivity contribution in [2.45, 2.75) is 52.5 Å². The molecular formula is C21H30N4O4. The molecule has 0 saturated carbocycles. The van der Waals surface area contributed by atoms with Crippen molar-refractivity contribution in [2.75, 3.05) is 24.3 Å². The second-order valence-electron chi connectivity index (χ2n) is 6.89. The van der Waals surface area contributed by atoms with Gasteiger partial charge in [-0.05, 0) is 31.0 Å². The van der Waals surface area contributed by atoms with Crippen LogP contribution in [0.15, 0.2) is 33.9 Å². The van der Waals surface area contributed by atoms with Crippen molar-refractivity contribution in [3.8, 4) is 5.75 Å². The number of benzene rings is 1. The molecule has 0 bridgehead atoms. The Kier molecular flexibility index (Phi) is 8.06. The Labute approximate surface area is 170 Å². The van der Waals surface area contributed by atoms with E-state index in [1.807, 2.05) is 6.92 Å². The van der Waals surface area contributed by atoms with Crippen LogP contribution in [0.1, 0.15) is 56.3 Å². The number of nitrogens with one attached hydrogen (secondary N) is 1. The van der Waals surface area contributed by atoms with Gasteiger partial charge in [-0.2, -0.15) is 0 Å². The Balaban J connectivity index is 2.55. The van der Waals surface area contributed by atoms with Gasteiger partial charge in [0.15, 0.2) is 5.69 Å². The first-order valence-electron chi connectivity index (χ1n) is 10.0. The van der Waals surface area contributed by atoms with Gasteiger partial charge >= 0.3 is 5.69 Å². The summed E-state index contributed by atoms with van der Waals surface area (Å²) in [4.78, 5) is 41.9. The fourth-order valence-corrected chi connectivity index (χ4v) is 3.12. The SMILES string of the molecule is CCCCCN(C(=O)c1cccc(OC)c1)c1c(N)n(CCCC)c(=O)[nH]c1=O. The number of nitrogens with two attached hydrogens (primary N) is 1.